The number of carbonyl (C=O) groups is 1. The zero-order chi connectivity index (χ0) is 14.5. The lowest BCUT2D eigenvalue weighted by atomic mass is 10.2. The van der Waals surface area contributed by atoms with Crippen LogP contribution in [-0.4, -0.2) is 66.1 Å². The van der Waals surface area contributed by atoms with Crippen molar-refractivity contribution in [3.63, 3.8) is 0 Å². The van der Waals surface area contributed by atoms with Crippen molar-refractivity contribution in [2.75, 3.05) is 33.4 Å². The largest absolute Gasteiger partial charge is 0.394 e. The predicted molar refractivity (Wildman–Crippen MR) is 73.6 cm³/mol. The highest BCUT2D eigenvalue weighted by molar-refractivity contribution is 5.92. The van der Waals surface area contributed by atoms with Gasteiger partial charge in [-0.25, -0.2) is 0 Å². The minimum Gasteiger partial charge on any atom is -0.394 e. The molecule has 112 valence electrons. The van der Waals surface area contributed by atoms with Crippen molar-refractivity contribution in [2.45, 2.75) is 25.7 Å². The molecule has 1 aromatic heterocycles. The summed E-state index contributed by atoms with van der Waals surface area (Å²) < 4.78 is 12.5. The number of nitrogens with zero attached hydrogens (tertiary/aromatic N) is 2. The lowest BCUT2D eigenvalue weighted by Crippen LogP contribution is -2.50. The van der Waals surface area contributed by atoms with Gasteiger partial charge in [-0.15, -0.1) is 0 Å². The number of hydrogen-bond donors (Lipinski definition) is 1. The molecule has 1 aromatic rings. The smallest absolute Gasteiger partial charge is 0.270 e. The number of morpholine rings is 1. The molecule has 0 spiro atoms. The highest BCUT2D eigenvalue weighted by Gasteiger charge is 2.29. The van der Waals surface area contributed by atoms with E-state index in [-0.39, 0.29) is 24.7 Å². The quantitative estimate of drug-likeness (QED) is 0.847. The first-order valence-electron chi connectivity index (χ1n) is 6.85. The van der Waals surface area contributed by atoms with E-state index in [2.05, 4.69) is 0 Å². The zero-order valence-corrected chi connectivity index (χ0v) is 12.0. The van der Waals surface area contributed by atoms with Crippen LogP contribution in [0, 0.1) is 0 Å². The summed E-state index contributed by atoms with van der Waals surface area (Å²) in [7, 11) is 1.64. The summed E-state index contributed by atoms with van der Waals surface area (Å²) in [4.78, 5) is 14.3. The van der Waals surface area contributed by atoms with Gasteiger partial charge in [-0.2, -0.15) is 0 Å². The first-order chi connectivity index (χ1) is 9.65. The van der Waals surface area contributed by atoms with Crippen molar-refractivity contribution in [1.29, 1.82) is 0 Å². The van der Waals surface area contributed by atoms with E-state index in [9.17, 15) is 9.90 Å². The van der Waals surface area contributed by atoms with Gasteiger partial charge in [0.2, 0.25) is 0 Å². The average molecular weight is 282 g/mol. The van der Waals surface area contributed by atoms with E-state index >= 15 is 0 Å². The fourth-order valence-corrected chi connectivity index (χ4v) is 2.47. The van der Waals surface area contributed by atoms with E-state index in [1.54, 1.807) is 12.0 Å². The van der Waals surface area contributed by atoms with Gasteiger partial charge in [0.25, 0.3) is 5.91 Å². The Hall–Kier alpha value is -1.37. The average Bonchev–Trinajstić information content (AvgIpc) is 2.91. The molecule has 2 unspecified atom stereocenters. The van der Waals surface area contributed by atoms with Gasteiger partial charge in [-0.05, 0) is 19.1 Å². The van der Waals surface area contributed by atoms with Crippen LogP contribution in [0.5, 0.6) is 0 Å². The van der Waals surface area contributed by atoms with Crippen LogP contribution in [0.2, 0.25) is 0 Å². The Kier molecular flexibility index (Phi) is 5.17. The third-order valence-electron chi connectivity index (χ3n) is 3.40. The van der Waals surface area contributed by atoms with Crippen molar-refractivity contribution in [2.24, 2.45) is 0 Å². The second-order valence-corrected chi connectivity index (χ2v) is 5.04. The van der Waals surface area contributed by atoms with Crippen molar-refractivity contribution < 1.29 is 19.4 Å². The molecule has 2 rings (SSSR count). The summed E-state index contributed by atoms with van der Waals surface area (Å²) in [6.07, 6.45) is 1.51. The van der Waals surface area contributed by atoms with Crippen LogP contribution in [0.15, 0.2) is 18.3 Å². The Labute approximate surface area is 118 Å². The summed E-state index contributed by atoms with van der Waals surface area (Å²) in [6, 6.07) is 3.67. The summed E-state index contributed by atoms with van der Waals surface area (Å²) in [5, 5.41) is 9.22. The van der Waals surface area contributed by atoms with Crippen molar-refractivity contribution >= 4 is 5.91 Å². The molecular formula is C14H22N2O4. The van der Waals surface area contributed by atoms with Crippen molar-refractivity contribution in [1.82, 2.24) is 9.47 Å². The number of aliphatic hydroxyl groups excluding tert-OH is 1. The number of hydrogen-bond acceptors (Lipinski definition) is 4. The maximum absolute atomic E-state index is 12.6. The lowest BCUT2D eigenvalue weighted by Gasteiger charge is -2.36. The van der Waals surface area contributed by atoms with Gasteiger partial charge in [-0.3, -0.25) is 4.79 Å². The highest BCUT2D eigenvalue weighted by atomic mass is 16.5. The van der Waals surface area contributed by atoms with Gasteiger partial charge in [0.1, 0.15) is 5.69 Å². The second-order valence-electron chi connectivity index (χ2n) is 5.04. The molecule has 6 nitrogen and oxygen atoms in total. The highest BCUT2D eigenvalue weighted by Crippen LogP contribution is 2.15. The summed E-state index contributed by atoms with van der Waals surface area (Å²) in [6.45, 7) is 4.02. The molecule has 20 heavy (non-hydrogen) atoms. The summed E-state index contributed by atoms with van der Waals surface area (Å²) in [5.74, 6) is -0.0281. The molecule has 1 fully saturated rings. The number of carbonyl (C=O) groups excluding carboxylic acids is 1. The van der Waals surface area contributed by atoms with Crippen LogP contribution in [-0.2, 0) is 16.0 Å². The molecule has 6 heteroatoms. The molecule has 0 aromatic carbocycles. The molecule has 2 heterocycles. The number of rotatable bonds is 5. The minimum absolute atomic E-state index is 0.0281. The topological polar surface area (TPSA) is 63.9 Å². The van der Waals surface area contributed by atoms with Gasteiger partial charge in [0.05, 0.1) is 25.4 Å². The van der Waals surface area contributed by atoms with Crippen LogP contribution >= 0.6 is 0 Å². The van der Waals surface area contributed by atoms with E-state index in [1.807, 2.05) is 29.8 Å². The fraction of sp³-hybridized carbons (Fsp3) is 0.643. The molecule has 0 radical (unpaired) electrons. The molecule has 0 aliphatic carbocycles. The SMILES string of the molecule is COCCn1cccc1C(=O)N1CC(C)OC(CO)C1. The van der Waals surface area contributed by atoms with Gasteiger partial charge >= 0.3 is 0 Å². The van der Waals surface area contributed by atoms with Crippen LogP contribution in [0.3, 0.4) is 0 Å². The van der Waals surface area contributed by atoms with E-state index in [4.69, 9.17) is 9.47 Å². The Morgan fingerprint density at radius 3 is 3.05 bits per heavy atom. The summed E-state index contributed by atoms with van der Waals surface area (Å²) in [5.41, 5.74) is 0.646. The maximum Gasteiger partial charge on any atom is 0.270 e. The summed E-state index contributed by atoms with van der Waals surface area (Å²) >= 11 is 0. The number of aliphatic hydroxyl groups is 1. The first-order valence-corrected chi connectivity index (χ1v) is 6.85. The van der Waals surface area contributed by atoms with E-state index in [1.165, 1.54) is 0 Å². The second kappa shape index (κ2) is 6.88. The van der Waals surface area contributed by atoms with E-state index < -0.39 is 0 Å². The standard InChI is InChI=1S/C14H22N2O4/c1-11-8-16(9-12(10-17)20-11)14(18)13-4-3-5-15(13)6-7-19-2/h3-5,11-12,17H,6-10H2,1-2H3. The minimum atomic E-state index is -0.301. The molecular weight excluding hydrogens is 260 g/mol. The molecule has 2 atom stereocenters. The lowest BCUT2D eigenvalue weighted by molar-refractivity contribution is -0.0860. The molecule has 1 aliphatic heterocycles. The van der Waals surface area contributed by atoms with E-state index in [0.717, 1.165) is 0 Å². The number of ether oxygens (including phenoxy) is 2. The normalized spacial score (nSPS) is 23.1. The van der Waals surface area contributed by atoms with Crippen LogP contribution in [0.1, 0.15) is 17.4 Å². The third-order valence-corrected chi connectivity index (χ3v) is 3.40. The Bertz CT molecular complexity index is 446. The number of methoxy groups -OCH3 is 1. The number of amides is 1. The Morgan fingerprint density at radius 2 is 2.35 bits per heavy atom. The zero-order valence-electron chi connectivity index (χ0n) is 12.0. The van der Waals surface area contributed by atoms with Crippen LogP contribution in [0.4, 0.5) is 0 Å². The van der Waals surface area contributed by atoms with Gasteiger partial charge in [-0.1, -0.05) is 0 Å². The third kappa shape index (κ3) is 3.39. The van der Waals surface area contributed by atoms with Gasteiger partial charge < -0.3 is 24.0 Å². The van der Waals surface area contributed by atoms with Gasteiger partial charge in [0.15, 0.2) is 0 Å². The van der Waals surface area contributed by atoms with Crippen molar-refractivity contribution in [3.05, 3.63) is 24.0 Å². The first kappa shape index (κ1) is 15.0. The maximum atomic E-state index is 12.6. The molecule has 1 saturated heterocycles. The monoisotopic (exact) mass is 282 g/mol. The Balaban J connectivity index is 2.08. The van der Waals surface area contributed by atoms with Gasteiger partial charge in [0, 0.05) is 32.9 Å². The van der Waals surface area contributed by atoms with E-state index in [0.29, 0.717) is 31.9 Å². The predicted octanol–water partition coefficient (Wildman–Crippen LogP) is 0.356. The molecule has 0 bridgehead atoms. The molecule has 1 N–H and O–H groups in total. The number of aromatic nitrogens is 1. The molecule has 1 aliphatic rings. The van der Waals surface area contributed by atoms with Crippen LogP contribution in [0.25, 0.3) is 0 Å². The molecule has 0 saturated carbocycles. The Morgan fingerprint density at radius 1 is 1.55 bits per heavy atom. The fourth-order valence-electron chi connectivity index (χ4n) is 2.47. The molecule has 1 amide bonds. The van der Waals surface area contributed by atoms with Crippen molar-refractivity contribution in [3.8, 4) is 0 Å². The van der Waals surface area contributed by atoms with Crippen LogP contribution < -0.4 is 0 Å².